The largest absolute Gasteiger partial charge is 0.313 e. The zero-order chi connectivity index (χ0) is 13.8. The molecule has 0 bridgehead atoms. The van der Waals surface area contributed by atoms with Crippen LogP contribution in [0, 0.1) is 13.8 Å². The lowest BCUT2D eigenvalue weighted by atomic mass is 10.2. The molecule has 0 saturated carbocycles. The molecule has 0 spiro atoms. The molecule has 0 unspecified atom stereocenters. The van der Waals surface area contributed by atoms with Crippen LogP contribution in [0.2, 0.25) is 0 Å². The van der Waals surface area contributed by atoms with Gasteiger partial charge in [0, 0.05) is 30.6 Å². The van der Waals surface area contributed by atoms with Gasteiger partial charge in [-0.15, -0.1) is 0 Å². The number of nitrogens with zero attached hydrogens (tertiary/aromatic N) is 2. The minimum atomic E-state index is -2.88. The van der Waals surface area contributed by atoms with Crippen molar-refractivity contribution in [1.29, 1.82) is 0 Å². The first-order chi connectivity index (χ1) is 8.35. The van der Waals surface area contributed by atoms with Gasteiger partial charge in [0.25, 0.3) is 0 Å². The Balaban J connectivity index is 2.67. The SMILES string of the molecule is CCNCc1c(C)nn(CCCS(C)(=O)=O)c1C. The van der Waals surface area contributed by atoms with Crippen molar-refractivity contribution < 1.29 is 8.42 Å². The molecule has 0 radical (unpaired) electrons. The van der Waals surface area contributed by atoms with E-state index in [2.05, 4.69) is 17.3 Å². The summed E-state index contributed by atoms with van der Waals surface area (Å²) in [6.07, 6.45) is 1.88. The summed E-state index contributed by atoms with van der Waals surface area (Å²) in [5.74, 6) is 0.216. The summed E-state index contributed by atoms with van der Waals surface area (Å²) in [4.78, 5) is 0. The van der Waals surface area contributed by atoms with Crippen LogP contribution in [0.25, 0.3) is 0 Å². The Hall–Kier alpha value is -0.880. The molecule has 0 amide bonds. The van der Waals surface area contributed by atoms with E-state index in [9.17, 15) is 8.42 Å². The van der Waals surface area contributed by atoms with Crippen LogP contribution in [0.1, 0.15) is 30.3 Å². The summed E-state index contributed by atoms with van der Waals surface area (Å²) < 4.78 is 24.1. The average molecular weight is 273 g/mol. The highest BCUT2D eigenvalue weighted by Gasteiger charge is 2.11. The van der Waals surface area contributed by atoms with E-state index in [0.29, 0.717) is 13.0 Å². The van der Waals surface area contributed by atoms with Crippen LogP contribution in [-0.4, -0.2) is 36.8 Å². The van der Waals surface area contributed by atoms with Crippen molar-refractivity contribution in [2.45, 2.75) is 40.3 Å². The molecule has 0 aliphatic rings. The Bertz CT molecular complexity index is 492. The molecular weight excluding hydrogens is 250 g/mol. The fourth-order valence-electron chi connectivity index (χ4n) is 1.93. The van der Waals surface area contributed by atoms with Crippen molar-refractivity contribution in [3.05, 3.63) is 17.0 Å². The normalized spacial score (nSPS) is 12.0. The fraction of sp³-hybridized carbons (Fsp3) is 0.750. The van der Waals surface area contributed by atoms with Crippen LogP contribution in [0.15, 0.2) is 0 Å². The Morgan fingerprint density at radius 1 is 1.33 bits per heavy atom. The molecule has 5 nitrogen and oxygen atoms in total. The predicted octanol–water partition coefficient (Wildman–Crippen LogP) is 1.04. The molecule has 0 aromatic carbocycles. The second-order valence-corrected chi connectivity index (χ2v) is 6.90. The number of rotatable bonds is 7. The molecule has 1 aromatic heterocycles. The first kappa shape index (κ1) is 15.2. The van der Waals surface area contributed by atoms with Gasteiger partial charge in [-0.3, -0.25) is 4.68 Å². The third-order valence-electron chi connectivity index (χ3n) is 2.97. The third-order valence-corrected chi connectivity index (χ3v) is 4.00. The summed E-state index contributed by atoms with van der Waals surface area (Å²) >= 11 is 0. The summed E-state index contributed by atoms with van der Waals surface area (Å²) in [5.41, 5.74) is 3.37. The molecule has 1 aromatic rings. The van der Waals surface area contributed by atoms with Gasteiger partial charge < -0.3 is 5.32 Å². The van der Waals surface area contributed by atoms with Gasteiger partial charge >= 0.3 is 0 Å². The van der Waals surface area contributed by atoms with Crippen LogP contribution in [0.4, 0.5) is 0 Å². The van der Waals surface area contributed by atoms with Crippen molar-refractivity contribution >= 4 is 9.84 Å². The minimum absolute atomic E-state index is 0.216. The van der Waals surface area contributed by atoms with E-state index in [4.69, 9.17) is 0 Å². The van der Waals surface area contributed by atoms with E-state index in [1.165, 1.54) is 11.8 Å². The third kappa shape index (κ3) is 4.42. The number of sulfone groups is 1. The van der Waals surface area contributed by atoms with E-state index in [-0.39, 0.29) is 5.75 Å². The number of hydrogen-bond acceptors (Lipinski definition) is 4. The fourth-order valence-corrected chi connectivity index (χ4v) is 2.59. The van der Waals surface area contributed by atoms with Crippen LogP contribution in [0.3, 0.4) is 0 Å². The monoisotopic (exact) mass is 273 g/mol. The molecule has 0 atom stereocenters. The molecule has 0 fully saturated rings. The smallest absolute Gasteiger partial charge is 0.147 e. The number of hydrogen-bond donors (Lipinski definition) is 1. The van der Waals surface area contributed by atoms with Crippen molar-refractivity contribution in [3.8, 4) is 0 Å². The lowest BCUT2D eigenvalue weighted by Crippen LogP contribution is -2.13. The Kier molecular flexibility index (Phi) is 5.34. The maximum absolute atomic E-state index is 11.1. The molecule has 18 heavy (non-hydrogen) atoms. The van der Waals surface area contributed by atoms with E-state index < -0.39 is 9.84 Å². The van der Waals surface area contributed by atoms with Crippen molar-refractivity contribution in [3.63, 3.8) is 0 Å². The summed E-state index contributed by atoms with van der Waals surface area (Å²) in [6.45, 7) is 8.51. The van der Waals surface area contributed by atoms with Gasteiger partial charge in [0.15, 0.2) is 0 Å². The summed E-state index contributed by atoms with van der Waals surface area (Å²) in [5, 5.41) is 7.76. The highest BCUT2D eigenvalue weighted by molar-refractivity contribution is 7.90. The van der Waals surface area contributed by atoms with Crippen LogP contribution < -0.4 is 5.32 Å². The minimum Gasteiger partial charge on any atom is -0.313 e. The maximum atomic E-state index is 11.1. The Morgan fingerprint density at radius 2 is 2.00 bits per heavy atom. The van der Waals surface area contributed by atoms with E-state index in [1.54, 1.807) is 0 Å². The molecule has 104 valence electrons. The van der Waals surface area contributed by atoms with E-state index in [1.807, 2.05) is 18.5 Å². The highest BCUT2D eigenvalue weighted by Crippen LogP contribution is 2.13. The van der Waals surface area contributed by atoms with Crippen molar-refractivity contribution in [2.75, 3.05) is 18.6 Å². The Labute approximate surface area is 109 Å². The Morgan fingerprint density at radius 3 is 2.56 bits per heavy atom. The van der Waals surface area contributed by atoms with Gasteiger partial charge in [-0.25, -0.2) is 8.42 Å². The van der Waals surface area contributed by atoms with E-state index >= 15 is 0 Å². The van der Waals surface area contributed by atoms with Crippen molar-refractivity contribution in [1.82, 2.24) is 15.1 Å². The maximum Gasteiger partial charge on any atom is 0.147 e. The second-order valence-electron chi connectivity index (χ2n) is 4.64. The van der Waals surface area contributed by atoms with Gasteiger partial charge in [0.2, 0.25) is 0 Å². The van der Waals surface area contributed by atoms with Gasteiger partial charge in [-0.1, -0.05) is 6.92 Å². The van der Waals surface area contributed by atoms with Crippen LogP contribution in [-0.2, 0) is 22.9 Å². The number of aromatic nitrogens is 2. The number of nitrogens with one attached hydrogen (secondary N) is 1. The van der Waals surface area contributed by atoms with Gasteiger partial charge in [0.1, 0.15) is 9.84 Å². The topological polar surface area (TPSA) is 64.0 Å². The zero-order valence-corrected chi connectivity index (χ0v) is 12.5. The highest BCUT2D eigenvalue weighted by atomic mass is 32.2. The van der Waals surface area contributed by atoms with Gasteiger partial charge in [-0.2, -0.15) is 5.10 Å². The molecular formula is C12H23N3O2S. The second kappa shape index (κ2) is 6.33. The molecule has 0 saturated heterocycles. The first-order valence-corrected chi connectivity index (χ1v) is 8.32. The quantitative estimate of drug-likeness (QED) is 0.806. The van der Waals surface area contributed by atoms with Crippen LogP contribution in [0.5, 0.6) is 0 Å². The van der Waals surface area contributed by atoms with Crippen molar-refractivity contribution in [2.24, 2.45) is 0 Å². The summed E-state index contributed by atoms with van der Waals surface area (Å²) in [7, 11) is -2.88. The summed E-state index contributed by atoms with van der Waals surface area (Å²) in [6, 6.07) is 0. The van der Waals surface area contributed by atoms with E-state index in [0.717, 1.165) is 24.5 Å². The molecule has 0 aliphatic heterocycles. The molecule has 1 heterocycles. The molecule has 6 heteroatoms. The van der Waals surface area contributed by atoms with Gasteiger partial charge in [-0.05, 0) is 26.8 Å². The number of aryl methyl sites for hydroxylation is 2. The lowest BCUT2D eigenvalue weighted by molar-refractivity contribution is 0.566. The average Bonchev–Trinajstić information content (AvgIpc) is 2.51. The van der Waals surface area contributed by atoms with Crippen LogP contribution >= 0.6 is 0 Å². The van der Waals surface area contributed by atoms with Gasteiger partial charge in [0.05, 0.1) is 11.4 Å². The molecule has 1 rings (SSSR count). The first-order valence-electron chi connectivity index (χ1n) is 6.26. The molecule has 1 N–H and O–H groups in total. The zero-order valence-electron chi connectivity index (χ0n) is 11.7. The molecule has 0 aliphatic carbocycles. The standard InChI is InChI=1S/C12H23N3O2S/c1-5-13-9-12-10(2)14-15(11(12)3)7-6-8-18(4,16)17/h13H,5-9H2,1-4H3. The lowest BCUT2D eigenvalue weighted by Gasteiger charge is -2.05. The predicted molar refractivity (Wildman–Crippen MR) is 73.4 cm³/mol.